The topological polar surface area (TPSA) is 79.1 Å². The quantitative estimate of drug-likeness (QED) is 0.395. The van der Waals surface area contributed by atoms with Crippen LogP contribution in [0.5, 0.6) is 11.5 Å². The fourth-order valence-electron chi connectivity index (χ4n) is 4.22. The molecule has 0 saturated carbocycles. The van der Waals surface area contributed by atoms with E-state index in [9.17, 15) is 9.59 Å². The highest BCUT2D eigenvalue weighted by Gasteiger charge is 2.33. The van der Waals surface area contributed by atoms with Gasteiger partial charge >= 0.3 is 5.97 Å². The summed E-state index contributed by atoms with van der Waals surface area (Å²) in [5, 5.41) is 0. The number of esters is 1. The first-order valence-corrected chi connectivity index (χ1v) is 13.3. The van der Waals surface area contributed by atoms with Crippen LogP contribution in [0.2, 0.25) is 0 Å². The Kier molecular flexibility index (Phi) is 8.28. The van der Waals surface area contributed by atoms with E-state index in [2.05, 4.69) is 13.8 Å². The number of carbonyl (C=O) groups is 1. The van der Waals surface area contributed by atoms with E-state index in [1.54, 1.807) is 4.57 Å². The lowest BCUT2D eigenvalue weighted by molar-refractivity contribution is -0.136. The first-order valence-electron chi connectivity index (χ1n) is 12.5. The summed E-state index contributed by atoms with van der Waals surface area (Å²) in [6, 6.07) is 14.5. The summed E-state index contributed by atoms with van der Waals surface area (Å²) in [5.41, 5.74) is 2.43. The summed E-state index contributed by atoms with van der Waals surface area (Å²) < 4.78 is 18.9. The molecule has 1 aliphatic rings. The van der Waals surface area contributed by atoms with Gasteiger partial charge in [0, 0.05) is 0 Å². The van der Waals surface area contributed by atoms with Gasteiger partial charge in [0.15, 0.2) is 16.3 Å². The van der Waals surface area contributed by atoms with Gasteiger partial charge in [-0.2, -0.15) is 0 Å². The summed E-state index contributed by atoms with van der Waals surface area (Å²) in [6.07, 6.45) is 2.36. The van der Waals surface area contributed by atoms with E-state index < -0.39 is 12.0 Å². The number of benzene rings is 2. The minimum absolute atomic E-state index is 0.216. The van der Waals surface area contributed by atoms with E-state index in [1.807, 2.05) is 68.5 Å². The molecule has 0 spiro atoms. The van der Waals surface area contributed by atoms with Crippen LogP contribution < -0.4 is 24.4 Å². The maximum atomic E-state index is 13.8. The van der Waals surface area contributed by atoms with E-state index in [1.165, 1.54) is 18.4 Å². The van der Waals surface area contributed by atoms with Gasteiger partial charge in [0.05, 0.1) is 42.2 Å². The number of methoxy groups -OCH3 is 1. The Hall–Kier alpha value is -3.65. The summed E-state index contributed by atoms with van der Waals surface area (Å²) in [6.45, 7) is 9.12. The molecule has 1 aliphatic heterocycles. The average molecular weight is 521 g/mol. The molecule has 3 aromatic rings. The molecule has 0 aliphatic carbocycles. The number of ether oxygens (including phenoxy) is 3. The molecule has 1 atom stereocenters. The molecule has 194 valence electrons. The van der Waals surface area contributed by atoms with Gasteiger partial charge in [-0.25, -0.2) is 9.79 Å². The molecule has 0 bridgehead atoms. The molecular weight excluding hydrogens is 488 g/mol. The van der Waals surface area contributed by atoms with Crippen molar-refractivity contribution in [3.63, 3.8) is 0 Å². The van der Waals surface area contributed by atoms with Crippen molar-refractivity contribution in [2.75, 3.05) is 20.3 Å². The Labute approximate surface area is 220 Å². The molecule has 1 aromatic heterocycles. The van der Waals surface area contributed by atoms with Crippen molar-refractivity contribution in [3.8, 4) is 11.5 Å². The van der Waals surface area contributed by atoms with Crippen LogP contribution in [0.4, 0.5) is 0 Å². The number of rotatable bonds is 9. The van der Waals surface area contributed by atoms with Crippen LogP contribution in [0.1, 0.15) is 51.3 Å². The third-order valence-electron chi connectivity index (χ3n) is 5.90. The first kappa shape index (κ1) is 26.4. The minimum atomic E-state index is -0.618. The molecule has 0 saturated heterocycles. The van der Waals surface area contributed by atoms with E-state index in [-0.39, 0.29) is 5.56 Å². The normalized spacial score (nSPS) is 15.4. The Bertz CT molecular complexity index is 1480. The van der Waals surface area contributed by atoms with Gasteiger partial charge in [-0.3, -0.25) is 9.36 Å². The van der Waals surface area contributed by atoms with E-state index in [4.69, 9.17) is 19.2 Å². The zero-order valence-corrected chi connectivity index (χ0v) is 22.6. The van der Waals surface area contributed by atoms with Gasteiger partial charge in [-0.1, -0.05) is 68.5 Å². The van der Waals surface area contributed by atoms with Crippen molar-refractivity contribution in [1.82, 2.24) is 4.57 Å². The second-order valence-electron chi connectivity index (χ2n) is 9.04. The number of hydrogen-bond donors (Lipinski definition) is 0. The lowest BCUT2D eigenvalue weighted by Crippen LogP contribution is -2.40. The third-order valence-corrected chi connectivity index (χ3v) is 6.89. The Morgan fingerprint density at radius 1 is 1.11 bits per heavy atom. The third kappa shape index (κ3) is 5.54. The van der Waals surface area contributed by atoms with Crippen LogP contribution in [0.3, 0.4) is 0 Å². The largest absolute Gasteiger partial charge is 0.490 e. The molecule has 37 heavy (non-hydrogen) atoms. The second kappa shape index (κ2) is 11.6. The second-order valence-corrected chi connectivity index (χ2v) is 10.1. The summed E-state index contributed by atoms with van der Waals surface area (Å²) in [4.78, 5) is 31.9. The van der Waals surface area contributed by atoms with E-state index >= 15 is 0 Å². The Morgan fingerprint density at radius 2 is 1.86 bits per heavy atom. The molecule has 8 heteroatoms. The molecular formula is C29H32N2O5S. The molecule has 2 heterocycles. The SMILES string of the molecule is CCOc1cc(/C=c2\sc3n(c2=O)[C@@H](c2ccccc2)C(C(=O)OC)=C(CC)N=3)ccc1OCC(C)C. The molecule has 0 radical (unpaired) electrons. The van der Waals surface area contributed by atoms with Crippen molar-refractivity contribution < 1.29 is 19.0 Å². The molecule has 0 unspecified atom stereocenters. The molecule has 2 aromatic carbocycles. The monoisotopic (exact) mass is 520 g/mol. The summed E-state index contributed by atoms with van der Waals surface area (Å²) in [7, 11) is 1.35. The Morgan fingerprint density at radius 3 is 2.51 bits per heavy atom. The number of fused-ring (bicyclic) bond motifs is 1. The van der Waals surface area contributed by atoms with Crippen molar-refractivity contribution in [2.24, 2.45) is 10.9 Å². The van der Waals surface area contributed by atoms with Crippen LogP contribution in [-0.4, -0.2) is 30.9 Å². The van der Waals surface area contributed by atoms with Crippen molar-refractivity contribution >= 4 is 23.4 Å². The van der Waals surface area contributed by atoms with E-state index in [0.29, 0.717) is 57.7 Å². The van der Waals surface area contributed by atoms with Crippen LogP contribution in [0, 0.1) is 5.92 Å². The lowest BCUT2D eigenvalue weighted by Gasteiger charge is -2.25. The zero-order valence-electron chi connectivity index (χ0n) is 21.8. The summed E-state index contributed by atoms with van der Waals surface area (Å²) in [5.74, 6) is 1.21. The lowest BCUT2D eigenvalue weighted by atomic mass is 9.95. The van der Waals surface area contributed by atoms with Gasteiger partial charge in [0.1, 0.15) is 0 Å². The molecule has 0 amide bonds. The minimum Gasteiger partial charge on any atom is -0.490 e. The number of allylic oxidation sites excluding steroid dienone is 1. The smallest absolute Gasteiger partial charge is 0.338 e. The maximum absolute atomic E-state index is 13.8. The van der Waals surface area contributed by atoms with Crippen LogP contribution in [0.25, 0.3) is 6.08 Å². The van der Waals surface area contributed by atoms with Gasteiger partial charge in [-0.15, -0.1) is 0 Å². The van der Waals surface area contributed by atoms with E-state index in [0.717, 1.165) is 11.1 Å². The molecule has 0 N–H and O–H groups in total. The zero-order chi connectivity index (χ0) is 26.5. The average Bonchev–Trinajstić information content (AvgIpc) is 3.21. The number of carbonyl (C=O) groups excluding carboxylic acids is 1. The van der Waals surface area contributed by atoms with Crippen LogP contribution in [0.15, 0.2) is 69.6 Å². The first-order chi connectivity index (χ1) is 17.9. The maximum Gasteiger partial charge on any atom is 0.338 e. The van der Waals surface area contributed by atoms with Gasteiger partial charge in [0.2, 0.25) is 0 Å². The predicted octanol–water partition coefficient (Wildman–Crippen LogP) is 4.23. The fourth-order valence-corrected chi connectivity index (χ4v) is 5.24. The molecule has 7 nitrogen and oxygen atoms in total. The van der Waals surface area contributed by atoms with Crippen molar-refractivity contribution in [1.29, 1.82) is 0 Å². The molecule has 4 rings (SSSR count). The number of hydrogen-bond acceptors (Lipinski definition) is 7. The van der Waals surface area contributed by atoms with Crippen molar-refractivity contribution in [3.05, 3.63) is 90.6 Å². The van der Waals surface area contributed by atoms with Crippen LogP contribution in [-0.2, 0) is 9.53 Å². The number of thiazole rings is 1. The fraction of sp³-hybridized carbons (Fsp3) is 0.345. The highest BCUT2D eigenvalue weighted by Crippen LogP contribution is 2.32. The highest BCUT2D eigenvalue weighted by molar-refractivity contribution is 7.07. The van der Waals surface area contributed by atoms with Crippen molar-refractivity contribution in [2.45, 2.75) is 40.2 Å². The highest BCUT2D eigenvalue weighted by atomic mass is 32.1. The Balaban J connectivity index is 1.86. The van der Waals surface area contributed by atoms with Gasteiger partial charge < -0.3 is 14.2 Å². The van der Waals surface area contributed by atoms with Crippen LogP contribution >= 0.6 is 11.3 Å². The number of nitrogens with zero attached hydrogens (tertiary/aromatic N) is 2. The predicted molar refractivity (Wildman–Crippen MR) is 145 cm³/mol. The van der Waals surface area contributed by atoms with Gasteiger partial charge in [-0.05, 0) is 48.6 Å². The standard InChI is InChI=1S/C29H32N2O5S/c1-6-21-25(28(33)34-5)26(20-11-9-8-10-12-20)31-27(32)24(37-29(31)30-21)16-19-13-14-22(36-17-18(3)4)23(15-19)35-7-2/h8-16,18,26H,6-7,17H2,1-5H3/b24-16-/t26-/m0/s1. The number of aromatic nitrogens is 1. The molecule has 0 fully saturated rings. The summed E-state index contributed by atoms with van der Waals surface area (Å²) >= 11 is 1.30. The van der Waals surface area contributed by atoms with Gasteiger partial charge in [0.25, 0.3) is 5.56 Å².